The van der Waals surface area contributed by atoms with E-state index < -0.39 is 6.10 Å². The average Bonchev–Trinajstić information content (AvgIpc) is 2.27. The fraction of sp³-hybridized carbons (Fsp3) is 0.429. The summed E-state index contributed by atoms with van der Waals surface area (Å²) < 4.78 is 5.14. The molecule has 0 bridgehead atoms. The number of aliphatic hydroxyl groups is 1. The fourth-order valence-electron chi connectivity index (χ4n) is 1.46. The lowest BCUT2D eigenvalue weighted by molar-refractivity contribution is 0.0744. The smallest absolute Gasteiger partial charge is 0.119 e. The Hall–Kier alpha value is -1.28. The van der Waals surface area contributed by atoms with Gasteiger partial charge in [0.05, 0.1) is 13.2 Å². The molecule has 16 heavy (non-hydrogen) atoms. The van der Waals surface area contributed by atoms with Crippen LogP contribution < -0.4 is 4.74 Å². The standard InChI is InChI=1S/C14H20O2/c1-10(2)14(3,4)13(15)11-7-6-8-12(9-11)16-5/h6-9,13,15H,1H2,2-5H3. The largest absolute Gasteiger partial charge is 0.497 e. The van der Waals surface area contributed by atoms with Gasteiger partial charge in [-0.25, -0.2) is 0 Å². The molecule has 1 rings (SSSR count). The third-order valence-electron chi connectivity index (χ3n) is 3.19. The molecule has 1 aromatic rings. The van der Waals surface area contributed by atoms with E-state index in [9.17, 15) is 5.11 Å². The molecule has 2 heteroatoms. The third-order valence-corrected chi connectivity index (χ3v) is 3.19. The van der Waals surface area contributed by atoms with Gasteiger partial charge < -0.3 is 9.84 Å². The van der Waals surface area contributed by atoms with E-state index in [0.29, 0.717) is 0 Å². The van der Waals surface area contributed by atoms with Crippen molar-refractivity contribution in [2.24, 2.45) is 5.41 Å². The van der Waals surface area contributed by atoms with Crippen molar-refractivity contribution in [3.05, 3.63) is 42.0 Å². The monoisotopic (exact) mass is 220 g/mol. The molecular formula is C14H20O2. The van der Waals surface area contributed by atoms with Crippen molar-refractivity contribution in [3.8, 4) is 5.75 Å². The molecule has 0 saturated heterocycles. The van der Waals surface area contributed by atoms with Crippen molar-refractivity contribution in [1.82, 2.24) is 0 Å². The molecule has 0 aliphatic heterocycles. The van der Waals surface area contributed by atoms with Crippen LogP contribution in [0.4, 0.5) is 0 Å². The van der Waals surface area contributed by atoms with Crippen LogP contribution in [-0.2, 0) is 0 Å². The quantitative estimate of drug-likeness (QED) is 0.789. The maximum absolute atomic E-state index is 10.3. The number of aliphatic hydroxyl groups excluding tert-OH is 1. The van der Waals surface area contributed by atoms with Gasteiger partial charge in [-0.3, -0.25) is 0 Å². The maximum Gasteiger partial charge on any atom is 0.119 e. The molecular weight excluding hydrogens is 200 g/mol. The molecule has 1 N–H and O–H groups in total. The van der Waals surface area contributed by atoms with Crippen molar-refractivity contribution in [3.63, 3.8) is 0 Å². The summed E-state index contributed by atoms with van der Waals surface area (Å²) in [4.78, 5) is 0. The van der Waals surface area contributed by atoms with Crippen molar-refractivity contribution < 1.29 is 9.84 Å². The summed E-state index contributed by atoms with van der Waals surface area (Å²) >= 11 is 0. The third kappa shape index (κ3) is 2.45. The molecule has 0 aliphatic rings. The molecule has 0 spiro atoms. The number of rotatable bonds is 4. The van der Waals surface area contributed by atoms with E-state index in [1.807, 2.05) is 45.0 Å². The van der Waals surface area contributed by atoms with Crippen LogP contribution in [0.25, 0.3) is 0 Å². The first kappa shape index (κ1) is 12.8. The van der Waals surface area contributed by atoms with Gasteiger partial charge in [0, 0.05) is 5.41 Å². The summed E-state index contributed by atoms with van der Waals surface area (Å²) in [6.07, 6.45) is -0.569. The highest BCUT2D eigenvalue weighted by Gasteiger charge is 2.29. The van der Waals surface area contributed by atoms with Crippen LogP contribution in [0.5, 0.6) is 5.75 Å². The molecule has 0 amide bonds. The molecule has 1 aromatic carbocycles. The van der Waals surface area contributed by atoms with Crippen molar-refractivity contribution in [1.29, 1.82) is 0 Å². The second kappa shape index (κ2) is 4.71. The van der Waals surface area contributed by atoms with Gasteiger partial charge in [0.1, 0.15) is 5.75 Å². The van der Waals surface area contributed by atoms with Crippen molar-refractivity contribution in [2.45, 2.75) is 26.9 Å². The van der Waals surface area contributed by atoms with Gasteiger partial charge in [-0.15, -0.1) is 0 Å². The van der Waals surface area contributed by atoms with Crippen LogP contribution in [0, 0.1) is 5.41 Å². The van der Waals surface area contributed by atoms with Gasteiger partial charge in [0.25, 0.3) is 0 Å². The zero-order chi connectivity index (χ0) is 12.3. The first-order valence-electron chi connectivity index (χ1n) is 5.37. The van der Waals surface area contributed by atoms with Crippen LogP contribution in [0.3, 0.4) is 0 Å². The number of benzene rings is 1. The molecule has 1 atom stereocenters. The van der Waals surface area contributed by atoms with E-state index >= 15 is 0 Å². The Morgan fingerprint density at radius 2 is 2.06 bits per heavy atom. The van der Waals surface area contributed by atoms with Gasteiger partial charge in [-0.1, -0.05) is 38.1 Å². The van der Waals surface area contributed by atoms with Gasteiger partial charge in [-0.05, 0) is 24.6 Å². The Balaban J connectivity index is 3.04. The van der Waals surface area contributed by atoms with E-state index in [0.717, 1.165) is 16.9 Å². The summed E-state index contributed by atoms with van der Waals surface area (Å²) in [5.41, 5.74) is 1.47. The Morgan fingerprint density at radius 3 is 2.56 bits per heavy atom. The number of hydrogen-bond acceptors (Lipinski definition) is 2. The Labute approximate surface area is 97.6 Å². The van der Waals surface area contributed by atoms with Gasteiger partial charge in [0.2, 0.25) is 0 Å². The van der Waals surface area contributed by atoms with Crippen LogP contribution in [0.15, 0.2) is 36.4 Å². The first-order chi connectivity index (χ1) is 7.39. The molecule has 0 saturated carbocycles. The molecule has 0 radical (unpaired) electrons. The predicted molar refractivity (Wildman–Crippen MR) is 66.5 cm³/mol. The average molecular weight is 220 g/mol. The molecule has 1 unspecified atom stereocenters. The first-order valence-corrected chi connectivity index (χ1v) is 5.37. The topological polar surface area (TPSA) is 29.5 Å². The second-order valence-electron chi connectivity index (χ2n) is 4.68. The van der Waals surface area contributed by atoms with Crippen LogP contribution >= 0.6 is 0 Å². The van der Waals surface area contributed by atoms with E-state index in [-0.39, 0.29) is 5.41 Å². The zero-order valence-corrected chi connectivity index (χ0v) is 10.4. The molecule has 0 aliphatic carbocycles. The van der Waals surface area contributed by atoms with Crippen LogP contribution in [0.2, 0.25) is 0 Å². The van der Waals surface area contributed by atoms with Crippen LogP contribution in [-0.4, -0.2) is 12.2 Å². The summed E-state index contributed by atoms with van der Waals surface area (Å²) in [7, 11) is 1.62. The number of ether oxygens (including phenoxy) is 1. The predicted octanol–water partition coefficient (Wildman–Crippen LogP) is 3.33. The van der Waals surface area contributed by atoms with Crippen molar-refractivity contribution >= 4 is 0 Å². The molecule has 0 aromatic heterocycles. The minimum absolute atomic E-state index is 0.341. The highest BCUT2D eigenvalue weighted by atomic mass is 16.5. The normalized spacial score (nSPS) is 13.3. The summed E-state index contributed by atoms with van der Waals surface area (Å²) in [5, 5.41) is 10.3. The minimum Gasteiger partial charge on any atom is -0.497 e. The summed E-state index contributed by atoms with van der Waals surface area (Å²) in [6.45, 7) is 9.83. The van der Waals surface area contributed by atoms with Gasteiger partial charge >= 0.3 is 0 Å². The molecule has 0 fully saturated rings. The SMILES string of the molecule is C=C(C)C(C)(C)C(O)c1cccc(OC)c1. The summed E-state index contributed by atoms with van der Waals surface area (Å²) in [5.74, 6) is 0.758. The lowest BCUT2D eigenvalue weighted by Gasteiger charge is -2.31. The van der Waals surface area contributed by atoms with Gasteiger partial charge in [0.15, 0.2) is 0 Å². The zero-order valence-electron chi connectivity index (χ0n) is 10.4. The van der Waals surface area contributed by atoms with E-state index in [2.05, 4.69) is 6.58 Å². The van der Waals surface area contributed by atoms with E-state index in [4.69, 9.17) is 4.74 Å². The van der Waals surface area contributed by atoms with E-state index in [1.54, 1.807) is 7.11 Å². The van der Waals surface area contributed by atoms with Crippen molar-refractivity contribution in [2.75, 3.05) is 7.11 Å². The van der Waals surface area contributed by atoms with E-state index in [1.165, 1.54) is 0 Å². The molecule has 2 nitrogen and oxygen atoms in total. The lowest BCUT2D eigenvalue weighted by atomic mass is 9.77. The minimum atomic E-state index is -0.569. The molecule has 88 valence electrons. The fourth-order valence-corrected chi connectivity index (χ4v) is 1.46. The lowest BCUT2D eigenvalue weighted by Crippen LogP contribution is -2.22. The highest BCUT2D eigenvalue weighted by molar-refractivity contribution is 5.32. The molecule has 0 heterocycles. The van der Waals surface area contributed by atoms with Gasteiger partial charge in [-0.2, -0.15) is 0 Å². The summed E-state index contributed by atoms with van der Waals surface area (Å²) in [6, 6.07) is 7.50. The maximum atomic E-state index is 10.3. The Kier molecular flexibility index (Phi) is 3.76. The van der Waals surface area contributed by atoms with Crippen LogP contribution in [0.1, 0.15) is 32.4 Å². The Bertz CT molecular complexity index is 380. The Morgan fingerprint density at radius 1 is 1.44 bits per heavy atom. The number of methoxy groups -OCH3 is 1. The second-order valence-corrected chi connectivity index (χ2v) is 4.68. The number of hydrogen-bond donors (Lipinski definition) is 1. The highest BCUT2D eigenvalue weighted by Crippen LogP contribution is 2.39.